The van der Waals surface area contributed by atoms with Crippen LogP contribution in [-0.2, 0) is 4.79 Å². The fourth-order valence-electron chi connectivity index (χ4n) is 1.87. The van der Waals surface area contributed by atoms with Gasteiger partial charge in [-0.15, -0.1) is 11.8 Å². The number of anilines is 1. The number of nitrogens with two attached hydrogens (primary N) is 1. The fourth-order valence-corrected chi connectivity index (χ4v) is 2.74. The summed E-state index contributed by atoms with van der Waals surface area (Å²) in [7, 11) is 0. The first kappa shape index (κ1) is 16.1. The molecule has 0 aliphatic carbocycles. The zero-order chi connectivity index (χ0) is 16.1. The Kier molecular flexibility index (Phi) is 5.22. The smallest absolute Gasteiger partial charge is 0.248 e. The van der Waals surface area contributed by atoms with Crippen LogP contribution in [0.25, 0.3) is 0 Å². The lowest BCUT2D eigenvalue weighted by molar-refractivity contribution is -0.115. The topological polar surface area (TPSA) is 72.2 Å². The summed E-state index contributed by atoms with van der Waals surface area (Å²) < 4.78 is 0. The predicted molar refractivity (Wildman–Crippen MR) is 90.1 cm³/mol. The first-order valence-corrected chi connectivity index (χ1v) is 7.78. The maximum absolute atomic E-state index is 12.2. The van der Waals surface area contributed by atoms with Crippen LogP contribution >= 0.6 is 11.8 Å². The summed E-state index contributed by atoms with van der Waals surface area (Å²) in [6.45, 7) is 3.87. The first-order chi connectivity index (χ1) is 10.5. The van der Waals surface area contributed by atoms with Gasteiger partial charge in [-0.1, -0.05) is 23.8 Å². The minimum Gasteiger partial charge on any atom is -0.366 e. The second kappa shape index (κ2) is 7.13. The van der Waals surface area contributed by atoms with Gasteiger partial charge in [0.1, 0.15) is 0 Å². The summed E-state index contributed by atoms with van der Waals surface area (Å²) in [4.78, 5) is 24.4. The standard InChI is InChI=1S/C17H18N2O2S/c1-11-6-8-15(9-7-11)22-12(2)17(21)19-14-5-3-4-13(10-14)16(18)20/h3-10,12H,1-2H3,(H2,18,20)(H,19,21)/t12-/m1/s1. The van der Waals surface area contributed by atoms with Crippen molar-refractivity contribution in [1.82, 2.24) is 0 Å². The van der Waals surface area contributed by atoms with Crippen LogP contribution in [0.5, 0.6) is 0 Å². The van der Waals surface area contributed by atoms with Crippen molar-refractivity contribution in [3.8, 4) is 0 Å². The number of thioether (sulfide) groups is 1. The number of rotatable bonds is 5. The Morgan fingerprint density at radius 1 is 1.14 bits per heavy atom. The summed E-state index contributed by atoms with van der Waals surface area (Å²) in [5.74, 6) is -0.634. The van der Waals surface area contributed by atoms with Gasteiger partial charge >= 0.3 is 0 Å². The van der Waals surface area contributed by atoms with E-state index in [9.17, 15) is 9.59 Å². The minimum atomic E-state index is -0.516. The predicted octanol–water partition coefficient (Wildman–Crippen LogP) is 3.21. The molecule has 0 saturated carbocycles. The highest BCUT2D eigenvalue weighted by Crippen LogP contribution is 2.24. The number of amides is 2. The van der Waals surface area contributed by atoms with Crippen molar-refractivity contribution >= 4 is 29.3 Å². The lowest BCUT2D eigenvalue weighted by Crippen LogP contribution is -2.22. The molecule has 0 unspecified atom stereocenters. The van der Waals surface area contributed by atoms with E-state index in [0.29, 0.717) is 11.3 Å². The van der Waals surface area contributed by atoms with Crippen LogP contribution in [-0.4, -0.2) is 17.1 Å². The van der Waals surface area contributed by atoms with Gasteiger partial charge in [-0.25, -0.2) is 0 Å². The molecule has 0 fully saturated rings. The largest absolute Gasteiger partial charge is 0.366 e. The number of primary amides is 1. The Morgan fingerprint density at radius 2 is 1.82 bits per heavy atom. The Hall–Kier alpha value is -2.27. The van der Waals surface area contributed by atoms with Gasteiger partial charge in [0.25, 0.3) is 0 Å². The third-order valence-electron chi connectivity index (χ3n) is 3.12. The van der Waals surface area contributed by atoms with Crippen LogP contribution < -0.4 is 11.1 Å². The molecule has 4 nitrogen and oxygen atoms in total. The summed E-state index contributed by atoms with van der Waals surface area (Å²) in [5, 5.41) is 2.55. The van der Waals surface area contributed by atoms with E-state index in [1.165, 1.54) is 17.3 Å². The molecule has 0 bridgehead atoms. The molecule has 0 aromatic heterocycles. The van der Waals surface area contributed by atoms with Crippen LogP contribution in [0.1, 0.15) is 22.8 Å². The van der Waals surface area contributed by atoms with E-state index in [-0.39, 0.29) is 11.2 Å². The minimum absolute atomic E-state index is 0.118. The average molecular weight is 314 g/mol. The molecule has 22 heavy (non-hydrogen) atoms. The van der Waals surface area contributed by atoms with Crippen LogP contribution in [0.4, 0.5) is 5.69 Å². The highest BCUT2D eigenvalue weighted by molar-refractivity contribution is 8.00. The fraction of sp³-hybridized carbons (Fsp3) is 0.176. The number of hydrogen-bond acceptors (Lipinski definition) is 3. The van der Waals surface area contributed by atoms with Crippen molar-refractivity contribution in [1.29, 1.82) is 0 Å². The van der Waals surface area contributed by atoms with E-state index in [1.54, 1.807) is 24.3 Å². The molecule has 2 aromatic rings. The van der Waals surface area contributed by atoms with E-state index < -0.39 is 5.91 Å². The molecule has 0 aliphatic heterocycles. The van der Waals surface area contributed by atoms with Gasteiger partial charge in [0.2, 0.25) is 11.8 Å². The van der Waals surface area contributed by atoms with E-state index in [2.05, 4.69) is 5.32 Å². The molecule has 2 rings (SSSR count). The van der Waals surface area contributed by atoms with Gasteiger partial charge in [0.05, 0.1) is 5.25 Å². The Labute approximate surface area is 134 Å². The zero-order valence-electron chi connectivity index (χ0n) is 12.5. The van der Waals surface area contributed by atoms with Gasteiger partial charge in [0.15, 0.2) is 0 Å². The number of carbonyl (C=O) groups excluding carboxylic acids is 2. The van der Waals surface area contributed by atoms with Gasteiger partial charge in [-0.2, -0.15) is 0 Å². The third kappa shape index (κ3) is 4.36. The van der Waals surface area contributed by atoms with E-state index in [1.807, 2.05) is 38.1 Å². The van der Waals surface area contributed by atoms with Crippen molar-refractivity contribution in [2.24, 2.45) is 5.73 Å². The normalized spacial score (nSPS) is 11.7. The maximum Gasteiger partial charge on any atom is 0.248 e. The second-order valence-corrected chi connectivity index (χ2v) is 6.42. The molecule has 0 aliphatic rings. The number of hydrogen-bond donors (Lipinski definition) is 2. The molecular weight excluding hydrogens is 296 g/mol. The van der Waals surface area contributed by atoms with Crippen LogP contribution in [0.3, 0.4) is 0 Å². The summed E-state index contributed by atoms with van der Waals surface area (Å²) >= 11 is 1.49. The van der Waals surface area contributed by atoms with Crippen molar-refractivity contribution in [2.75, 3.05) is 5.32 Å². The highest BCUT2D eigenvalue weighted by atomic mass is 32.2. The summed E-state index contributed by atoms with van der Waals surface area (Å²) in [6, 6.07) is 14.6. The number of carbonyl (C=O) groups is 2. The van der Waals surface area contributed by atoms with Crippen LogP contribution in [0.2, 0.25) is 0 Å². The molecule has 2 amide bonds. The van der Waals surface area contributed by atoms with Crippen LogP contribution in [0.15, 0.2) is 53.4 Å². The lowest BCUT2D eigenvalue weighted by Gasteiger charge is -2.12. The summed E-state index contributed by atoms with van der Waals surface area (Å²) in [6.07, 6.45) is 0. The number of benzene rings is 2. The van der Waals surface area contributed by atoms with Gasteiger partial charge in [0, 0.05) is 16.1 Å². The molecule has 0 saturated heterocycles. The van der Waals surface area contributed by atoms with E-state index >= 15 is 0 Å². The number of aryl methyl sites for hydroxylation is 1. The maximum atomic E-state index is 12.2. The van der Waals surface area contributed by atoms with E-state index in [4.69, 9.17) is 5.73 Å². The summed E-state index contributed by atoms with van der Waals surface area (Å²) in [5.41, 5.74) is 7.36. The van der Waals surface area contributed by atoms with Crippen molar-refractivity contribution in [3.63, 3.8) is 0 Å². The monoisotopic (exact) mass is 314 g/mol. The Balaban J connectivity index is 2.00. The Morgan fingerprint density at radius 3 is 2.45 bits per heavy atom. The van der Waals surface area contributed by atoms with Crippen molar-refractivity contribution < 1.29 is 9.59 Å². The Bertz CT molecular complexity index is 683. The average Bonchev–Trinajstić information content (AvgIpc) is 2.49. The first-order valence-electron chi connectivity index (χ1n) is 6.90. The quantitative estimate of drug-likeness (QED) is 0.832. The van der Waals surface area contributed by atoms with Gasteiger partial charge in [-0.05, 0) is 44.2 Å². The zero-order valence-corrected chi connectivity index (χ0v) is 13.3. The molecule has 3 N–H and O–H groups in total. The molecule has 1 atom stereocenters. The van der Waals surface area contributed by atoms with E-state index in [0.717, 1.165) is 4.90 Å². The molecule has 114 valence electrons. The molecule has 2 aromatic carbocycles. The number of nitrogens with one attached hydrogen (secondary N) is 1. The third-order valence-corrected chi connectivity index (χ3v) is 4.23. The van der Waals surface area contributed by atoms with Gasteiger partial charge in [-0.3, -0.25) is 9.59 Å². The lowest BCUT2D eigenvalue weighted by atomic mass is 10.2. The molecule has 0 heterocycles. The molecule has 0 spiro atoms. The van der Waals surface area contributed by atoms with Crippen molar-refractivity contribution in [2.45, 2.75) is 24.0 Å². The second-order valence-electron chi connectivity index (χ2n) is 5.01. The molecule has 0 radical (unpaired) electrons. The molecule has 5 heteroatoms. The highest BCUT2D eigenvalue weighted by Gasteiger charge is 2.15. The molecular formula is C17H18N2O2S. The van der Waals surface area contributed by atoms with Gasteiger partial charge < -0.3 is 11.1 Å². The van der Waals surface area contributed by atoms with Crippen LogP contribution in [0, 0.1) is 6.92 Å². The van der Waals surface area contributed by atoms with Crippen molar-refractivity contribution in [3.05, 3.63) is 59.7 Å². The SMILES string of the molecule is Cc1ccc(S[C@H](C)C(=O)Nc2cccc(C(N)=O)c2)cc1.